The Labute approximate surface area is 106 Å². The van der Waals surface area contributed by atoms with E-state index in [1.165, 1.54) is 6.20 Å². The van der Waals surface area contributed by atoms with Gasteiger partial charge in [0.1, 0.15) is 6.21 Å². The molecule has 1 aromatic heterocycles. The van der Waals surface area contributed by atoms with Crippen LogP contribution in [-0.4, -0.2) is 20.3 Å². The van der Waals surface area contributed by atoms with Gasteiger partial charge in [-0.3, -0.25) is 0 Å². The summed E-state index contributed by atoms with van der Waals surface area (Å²) in [7, 11) is 3.99. The molecule has 2 rings (SSSR count). The van der Waals surface area contributed by atoms with Crippen molar-refractivity contribution in [2.75, 3.05) is 19.0 Å². The SMILES string of the molecule is CN(C)c1ccc(C=Nc2cccc[n+]2[O-])cc1. The summed E-state index contributed by atoms with van der Waals surface area (Å²) in [6.45, 7) is 0. The van der Waals surface area contributed by atoms with Crippen LogP contribution in [0.5, 0.6) is 0 Å². The van der Waals surface area contributed by atoms with E-state index in [1.807, 2.05) is 43.3 Å². The maximum absolute atomic E-state index is 11.4. The molecule has 0 aliphatic carbocycles. The van der Waals surface area contributed by atoms with Crippen LogP contribution < -0.4 is 9.63 Å². The molecule has 0 spiro atoms. The molecule has 0 saturated carbocycles. The minimum atomic E-state index is 0.384. The van der Waals surface area contributed by atoms with Crippen molar-refractivity contribution in [2.45, 2.75) is 0 Å². The Morgan fingerprint density at radius 2 is 1.83 bits per heavy atom. The van der Waals surface area contributed by atoms with Gasteiger partial charge in [0.25, 0.3) is 0 Å². The van der Waals surface area contributed by atoms with Crippen LogP contribution >= 0.6 is 0 Å². The van der Waals surface area contributed by atoms with Crippen molar-refractivity contribution < 1.29 is 4.73 Å². The predicted molar refractivity (Wildman–Crippen MR) is 73.4 cm³/mol. The van der Waals surface area contributed by atoms with Gasteiger partial charge in [0.15, 0.2) is 0 Å². The van der Waals surface area contributed by atoms with Gasteiger partial charge in [-0.2, -0.15) is 0 Å². The Hall–Kier alpha value is -2.36. The zero-order chi connectivity index (χ0) is 13.0. The lowest BCUT2D eigenvalue weighted by molar-refractivity contribution is -0.591. The highest BCUT2D eigenvalue weighted by atomic mass is 16.5. The Bertz CT molecular complexity index is 547. The number of hydrogen-bond acceptors (Lipinski definition) is 3. The summed E-state index contributed by atoms with van der Waals surface area (Å²) in [5, 5.41) is 11.4. The Morgan fingerprint density at radius 1 is 1.11 bits per heavy atom. The van der Waals surface area contributed by atoms with Gasteiger partial charge in [-0.05, 0) is 35.3 Å². The molecule has 0 radical (unpaired) electrons. The Morgan fingerprint density at radius 3 is 2.44 bits per heavy atom. The highest BCUT2D eigenvalue weighted by molar-refractivity contribution is 5.81. The van der Waals surface area contributed by atoms with E-state index in [0.29, 0.717) is 5.82 Å². The second-order valence-electron chi connectivity index (χ2n) is 4.13. The summed E-state index contributed by atoms with van der Waals surface area (Å²) >= 11 is 0. The fourth-order valence-electron chi connectivity index (χ4n) is 1.52. The van der Waals surface area contributed by atoms with Gasteiger partial charge >= 0.3 is 5.82 Å². The van der Waals surface area contributed by atoms with E-state index >= 15 is 0 Å². The van der Waals surface area contributed by atoms with Crippen LogP contribution in [0.1, 0.15) is 5.56 Å². The normalized spacial score (nSPS) is 10.8. The lowest BCUT2D eigenvalue weighted by Crippen LogP contribution is -2.24. The van der Waals surface area contributed by atoms with Crippen LogP contribution in [-0.2, 0) is 0 Å². The van der Waals surface area contributed by atoms with Crippen LogP contribution in [0.2, 0.25) is 0 Å². The quantitative estimate of drug-likeness (QED) is 0.469. The van der Waals surface area contributed by atoms with Crippen molar-refractivity contribution in [2.24, 2.45) is 4.99 Å². The number of nitrogens with zero attached hydrogens (tertiary/aromatic N) is 3. The minimum absolute atomic E-state index is 0.384. The molecule has 4 nitrogen and oxygen atoms in total. The molecule has 92 valence electrons. The smallest absolute Gasteiger partial charge is 0.325 e. The fourth-order valence-corrected chi connectivity index (χ4v) is 1.52. The number of aliphatic imine (C=N–C) groups is 1. The molecule has 2 aromatic rings. The maximum Gasteiger partial charge on any atom is 0.325 e. The first kappa shape index (κ1) is 12.1. The van der Waals surface area contributed by atoms with Crippen LogP contribution in [0, 0.1) is 5.21 Å². The number of aromatic nitrogens is 1. The molecular formula is C14H15N3O. The van der Waals surface area contributed by atoms with Crippen molar-refractivity contribution in [3.8, 4) is 0 Å². The highest BCUT2D eigenvalue weighted by Crippen LogP contribution is 2.11. The first-order valence-electron chi connectivity index (χ1n) is 5.66. The molecule has 1 heterocycles. The second-order valence-corrected chi connectivity index (χ2v) is 4.13. The molecule has 0 N–H and O–H groups in total. The van der Waals surface area contributed by atoms with Crippen LogP contribution in [0.25, 0.3) is 0 Å². The third-order valence-electron chi connectivity index (χ3n) is 2.56. The van der Waals surface area contributed by atoms with Crippen LogP contribution in [0.4, 0.5) is 11.5 Å². The van der Waals surface area contributed by atoms with Gasteiger partial charge in [0, 0.05) is 31.4 Å². The molecule has 0 unspecified atom stereocenters. The third kappa shape index (κ3) is 2.85. The highest BCUT2D eigenvalue weighted by Gasteiger charge is 2.00. The van der Waals surface area contributed by atoms with Gasteiger partial charge in [-0.1, -0.05) is 6.07 Å². The topological polar surface area (TPSA) is 42.5 Å². The molecule has 0 fully saturated rings. The van der Waals surface area contributed by atoms with E-state index in [2.05, 4.69) is 4.99 Å². The molecule has 18 heavy (non-hydrogen) atoms. The van der Waals surface area contributed by atoms with Gasteiger partial charge in [-0.25, -0.2) is 4.73 Å². The van der Waals surface area contributed by atoms with Crippen molar-refractivity contribution in [1.82, 2.24) is 0 Å². The third-order valence-corrected chi connectivity index (χ3v) is 2.56. The average Bonchev–Trinajstić information content (AvgIpc) is 2.38. The summed E-state index contributed by atoms with van der Waals surface area (Å²) < 4.78 is 0.741. The summed E-state index contributed by atoms with van der Waals surface area (Å²) in [6.07, 6.45) is 3.12. The average molecular weight is 241 g/mol. The molecule has 0 aliphatic heterocycles. The van der Waals surface area contributed by atoms with E-state index in [9.17, 15) is 5.21 Å². The van der Waals surface area contributed by atoms with Crippen molar-refractivity contribution in [3.63, 3.8) is 0 Å². The van der Waals surface area contributed by atoms with Gasteiger partial charge in [0.2, 0.25) is 0 Å². The molecule has 0 aliphatic rings. The number of rotatable bonds is 3. The van der Waals surface area contributed by atoms with Crippen molar-refractivity contribution in [1.29, 1.82) is 0 Å². The molecule has 4 heteroatoms. The molecular weight excluding hydrogens is 226 g/mol. The van der Waals surface area contributed by atoms with Crippen molar-refractivity contribution in [3.05, 3.63) is 59.4 Å². The minimum Gasteiger partial charge on any atom is -0.710 e. The van der Waals surface area contributed by atoms with Crippen LogP contribution in [0.3, 0.4) is 0 Å². The van der Waals surface area contributed by atoms with Crippen molar-refractivity contribution >= 4 is 17.7 Å². The first-order valence-corrected chi connectivity index (χ1v) is 5.66. The standard InChI is InChI=1S/C14H15N3O/c1-16(2)13-8-6-12(7-9-13)11-15-14-5-3-4-10-17(14)18/h3-11H,1-2H3. The van der Waals surface area contributed by atoms with Crippen LogP contribution in [0.15, 0.2) is 53.7 Å². The zero-order valence-corrected chi connectivity index (χ0v) is 10.4. The van der Waals surface area contributed by atoms with Gasteiger partial charge in [0.05, 0.1) is 6.20 Å². The summed E-state index contributed by atoms with van der Waals surface area (Å²) in [6, 6.07) is 13.1. The lowest BCUT2D eigenvalue weighted by Gasteiger charge is -2.11. The Balaban J connectivity index is 2.17. The second kappa shape index (κ2) is 5.31. The largest absolute Gasteiger partial charge is 0.710 e. The van der Waals surface area contributed by atoms with E-state index in [4.69, 9.17) is 0 Å². The molecule has 0 bridgehead atoms. The summed E-state index contributed by atoms with van der Waals surface area (Å²) in [5.41, 5.74) is 2.09. The molecule has 0 atom stereocenters. The fraction of sp³-hybridized carbons (Fsp3) is 0.143. The van der Waals surface area contributed by atoms with E-state index in [1.54, 1.807) is 24.4 Å². The van der Waals surface area contributed by atoms with E-state index in [-0.39, 0.29) is 0 Å². The zero-order valence-electron chi connectivity index (χ0n) is 10.4. The summed E-state index contributed by atoms with van der Waals surface area (Å²) in [5.74, 6) is 0.384. The number of anilines is 1. The number of hydrogen-bond donors (Lipinski definition) is 0. The lowest BCUT2D eigenvalue weighted by atomic mass is 10.2. The summed E-state index contributed by atoms with van der Waals surface area (Å²) in [4.78, 5) is 6.19. The predicted octanol–water partition coefficient (Wildman–Crippen LogP) is 2.14. The molecule has 0 amide bonds. The Kier molecular flexibility index (Phi) is 3.57. The first-order chi connectivity index (χ1) is 8.66. The monoisotopic (exact) mass is 241 g/mol. The molecule has 1 aromatic carbocycles. The van der Waals surface area contributed by atoms with E-state index in [0.717, 1.165) is 16.0 Å². The van der Waals surface area contributed by atoms with Gasteiger partial charge < -0.3 is 10.1 Å². The molecule has 0 saturated heterocycles. The maximum atomic E-state index is 11.4. The number of benzene rings is 1. The number of pyridine rings is 1. The van der Waals surface area contributed by atoms with Gasteiger partial charge in [-0.15, -0.1) is 0 Å². The van der Waals surface area contributed by atoms with E-state index < -0.39 is 0 Å².